The molecule has 0 bridgehead atoms. The first-order valence-corrected chi connectivity index (χ1v) is 22.1. The lowest BCUT2D eigenvalue weighted by Crippen LogP contribution is -2.59. The molecule has 7 atom stereocenters. The van der Waals surface area contributed by atoms with Crippen LogP contribution in [0.15, 0.2) is 60.8 Å². The maximum Gasteiger partial charge on any atom is 0.326 e. The van der Waals surface area contributed by atoms with E-state index in [0.29, 0.717) is 36.9 Å². The number of benzene rings is 2. The Kier molecular flexibility index (Phi) is 16.3. The summed E-state index contributed by atoms with van der Waals surface area (Å²) < 4.78 is 0. The fourth-order valence-electron chi connectivity index (χ4n) is 8.87. The maximum absolute atomic E-state index is 14.5. The first-order valence-electron chi connectivity index (χ1n) is 22.1. The maximum atomic E-state index is 14.5. The van der Waals surface area contributed by atoms with Crippen molar-refractivity contribution in [1.82, 2.24) is 41.4 Å². The average molecular weight is 899 g/mol. The van der Waals surface area contributed by atoms with E-state index in [-0.39, 0.29) is 64.5 Å². The van der Waals surface area contributed by atoms with E-state index in [1.807, 2.05) is 24.3 Å². The van der Waals surface area contributed by atoms with Crippen LogP contribution in [0, 0.1) is 0 Å². The molecule has 8 amide bonds. The van der Waals surface area contributed by atoms with Crippen LogP contribution in [0.2, 0.25) is 0 Å². The zero-order valence-corrected chi connectivity index (χ0v) is 36.1. The van der Waals surface area contributed by atoms with Crippen LogP contribution in [-0.2, 0) is 56.0 Å². The summed E-state index contributed by atoms with van der Waals surface area (Å²) in [6.45, 7) is 0.889. The summed E-state index contributed by atoms with van der Waals surface area (Å²) in [5.74, 6) is -6.53. The van der Waals surface area contributed by atoms with Gasteiger partial charge < -0.3 is 57.9 Å². The lowest BCUT2D eigenvalue weighted by atomic mass is 10.0. The third-order valence-corrected chi connectivity index (χ3v) is 12.3. The number of rotatable bonds is 21. The highest BCUT2D eigenvalue weighted by atomic mass is 16.4. The zero-order chi connectivity index (χ0) is 46.6. The van der Waals surface area contributed by atoms with E-state index in [1.165, 1.54) is 9.80 Å². The van der Waals surface area contributed by atoms with Gasteiger partial charge in [0, 0.05) is 55.9 Å². The number of primary amides is 2. The van der Waals surface area contributed by atoms with Crippen LogP contribution in [0.4, 0.5) is 0 Å². The second-order valence-corrected chi connectivity index (χ2v) is 16.9. The van der Waals surface area contributed by atoms with Gasteiger partial charge in [-0.3, -0.25) is 38.4 Å². The predicted molar refractivity (Wildman–Crippen MR) is 235 cm³/mol. The number of para-hydroxylation sites is 1. The summed E-state index contributed by atoms with van der Waals surface area (Å²) in [5.41, 5.74) is 13.0. The largest absolute Gasteiger partial charge is 0.480 e. The number of hydrogen-bond donors (Lipinski definition) is 9. The van der Waals surface area contributed by atoms with Crippen molar-refractivity contribution in [3.05, 3.63) is 71.9 Å². The molecule has 0 radical (unpaired) electrons. The minimum absolute atomic E-state index is 0.00725. The van der Waals surface area contributed by atoms with Crippen molar-refractivity contribution in [3.8, 4) is 0 Å². The summed E-state index contributed by atoms with van der Waals surface area (Å²) in [7, 11) is 0. The number of likely N-dealkylation sites (tertiary alicyclic amines) is 2. The Morgan fingerprint density at radius 1 is 0.646 bits per heavy atom. The standard InChI is InChI=1S/C45H58N10O10/c46-37(56)18-16-31(50-39(58)30-13-6-20-48-30)40(59)51-32(17-19-38(47)57)43(62)54-21-7-14-35(54)41(60)52-33(23-26-9-2-1-3-10-26)44(63)55-22-8-15-36(55)42(61)53-34(45(64)65)24-27-25-49-29-12-5-4-11-28(27)29/h1-5,9-12,25,30-36,48-49H,6-8,13-24H2,(H2,46,56)(H2,47,57)(H,50,58)(H,51,59)(H,52,60)(H,53,61)(H,64,65)/t30-,31-,32-,33-,34-,35-,36-/m0/s1. The molecule has 20 heteroatoms. The van der Waals surface area contributed by atoms with Crippen LogP contribution < -0.4 is 38.1 Å². The van der Waals surface area contributed by atoms with E-state index in [9.17, 15) is 48.3 Å². The third-order valence-electron chi connectivity index (χ3n) is 12.3. The van der Waals surface area contributed by atoms with Gasteiger partial charge in [-0.2, -0.15) is 0 Å². The molecule has 3 fully saturated rings. The summed E-state index contributed by atoms with van der Waals surface area (Å²) in [6, 6.07) is 8.52. The van der Waals surface area contributed by atoms with Crippen molar-refractivity contribution >= 4 is 64.1 Å². The van der Waals surface area contributed by atoms with Crippen molar-refractivity contribution in [2.24, 2.45) is 11.5 Å². The first kappa shape index (κ1) is 47.6. The Hall–Kier alpha value is -6.83. The fraction of sp³-hybridized carbons (Fsp3) is 0.489. The van der Waals surface area contributed by atoms with Crippen LogP contribution in [0.1, 0.15) is 75.3 Å². The van der Waals surface area contributed by atoms with Crippen LogP contribution in [0.25, 0.3) is 10.9 Å². The van der Waals surface area contributed by atoms with Gasteiger partial charge in [-0.15, -0.1) is 0 Å². The molecule has 3 aromatic rings. The number of carbonyl (C=O) groups is 9. The molecule has 0 unspecified atom stereocenters. The fourth-order valence-corrected chi connectivity index (χ4v) is 8.87. The van der Waals surface area contributed by atoms with Gasteiger partial charge in [0.05, 0.1) is 6.04 Å². The van der Waals surface area contributed by atoms with Gasteiger partial charge in [-0.25, -0.2) is 4.79 Å². The number of carbonyl (C=O) groups excluding carboxylic acids is 8. The molecule has 20 nitrogen and oxygen atoms in total. The monoisotopic (exact) mass is 898 g/mol. The van der Waals surface area contributed by atoms with Gasteiger partial charge in [0.15, 0.2) is 0 Å². The number of H-pyrrole nitrogens is 1. The van der Waals surface area contributed by atoms with Gasteiger partial charge >= 0.3 is 5.97 Å². The van der Waals surface area contributed by atoms with Gasteiger partial charge in [-0.05, 0) is 75.1 Å². The van der Waals surface area contributed by atoms with Crippen LogP contribution in [0.5, 0.6) is 0 Å². The predicted octanol–water partition coefficient (Wildman–Crippen LogP) is -0.758. The van der Waals surface area contributed by atoms with E-state index >= 15 is 0 Å². The topological polar surface area (TPSA) is 308 Å². The molecule has 3 aliphatic rings. The van der Waals surface area contributed by atoms with E-state index in [0.717, 1.165) is 17.3 Å². The summed E-state index contributed by atoms with van der Waals surface area (Å²) in [5, 5.41) is 24.7. The quantitative estimate of drug-likeness (QED) is 0.0640. The molecule has 3 saturated heterocycles. The number of carboxylic acid groups (broad SMARTS) is 1. The first-order chi connectivity index (χ1) is 31.2. The number of nitrogens with zero attached hydrogens (tertiary/aromatic N) is 2. The Balaban J connectivity index is 1.17. The molecular formula is C45H58N10O10. The van der Waals surface area contributed by atoms with Crippen LogP contribution in [-0.4, -0.2) is 135 Å². The molecule has 11 N–H and O–H groups in total. The highest BCUT2D eigenvalue weighted by molar-refractivity contribution is 5.98. The van der Waals surface area contributed by atoms with E-state index in [4.69, 9.17) is 11.5 Å². The number of nitrogens with one attached hydrogen (secondary N) is 6. The second-order valence-electron chi connectivity index (χ2n) is 16.9. The lowest BCUT2D eigenvalue weighted by Gasteiger charge is -2.32. The Labute approximate surface area is 375 Å². The van der Waals surface area contributed by atoms with Crippen molar-refractivity contribution < 1.29 is 48.3 Å². The minimum Gasteiger partial charge on any atom is -0.480 e. The molecule has 0 saturated carbocycles. The van der Waals surface area contributed by atoms with E-state index < -0.39 is 95.5 Å². The van der Waals surface area contributed by atoms with Crippen molar-refractivity contribution in [3.63, 3.8) is 0 Å². The van der Waals surface area contributed by atoms with Crippen molar-refractivity contribution in [2.45, 2.75) is 119 Å². The zero-order valence-electron chi connectivity index (χ0n) is 36.1. The smallest absolute Gasteiger partial charge is 0.326 e. The number of fused-ring (bicyclic) bond motifs is 1. The average Bonchev–Trinajstić information content (AvgIpc) is 4.14. The van der Waals surface area contributed by atoms with Gasteiger partial charge in [0.2, 0.25) is 47.3 Å². The SMILES string of the molecule is NC(=O)CC[C@H](NC(=O)[C@@H]1CCCN1)C(=O)N[C@@H](CCC(N)=O)C(=O)N1CCC[C@H]1C(=O)N[C@@H](Cc1ccccc1)C(=O)N1CCC[C@H]1C(=O)N[C@@H](Cc1c[nH]c2ccccc12)C(=O)O. The van der Waals surface area contributed by atoms with E-state index in [2.05, 4.69) is 31.6 Å². The highest BCUT2D eigenvalue weighted by Gasteiger charge is 2.43. The summed E-state index contributed by atoms with van der Waals surface area (Å²) in [6.07, 6.45) is 3.38. The molecule has 348 valence electrons. The molecule has 0 aliphatic carbocycles. The van der Waals surface area contributed by atoms with Gasteiger partial charge in [-0.1, -0.05) is 48.5 Å². The Morgan fingerprint density at radius 2 is 1.22 bits per heavy atom. The van der Waals surface area contributed by atoms with Crippen molar-refractivity contribution in [1.29, 1.82) is 0 Å². The normalized spacial score (nSPS) is 20.0. The number of aromatic amines is 1. The van der Waals surface area contributed by atoms with E-state index in [1.54, 1.807) is 36.5 Å². The number of carboxylic acids is 1. The molecule has 3 aliphatic heterocycles. The highest BCUT2D eigenvalue weighted by Crippen LogP contribution is 2.24. The number of aromatic nitrogens is 1. The Bertz CT molecular complexity index is 2250. The minimum atomic E-state index is -1.36. The lowest BCUT2D eigenvalue weighted by molar-refractivity contribution is -0.145. The van der Waals surface area contributed by atoms with Crippen LogP contribution >= 0.6 is 0 Å². The number of hydrogen-bond acceptors (Lipinski definition) is 10. The van der Waals surface area contributed by atoms with Gasteiger partial charge in [0.1, 0.15) is 36.3 Å². The molecular weight excluding hydrogens is 841 g/mol. The summed E-state index contributed by atoms with van der Waals surface area (Å²) >= 11 is 0. The molecule has 2 aromatic carbocycles. The third kappa shape index (κ3) is 12.5. The van der Waals surface area contributed by atoms with Crippen LogP contribution in [0.3, 0.4) is 0 Å². The van der Waals surface area contributed by atoms with Gasteiger partial charge in [0.25, 0.3) is 0 Å². The second kappa shape index (κ2) is 22.2. The number of nitrogens with two attached hydrogens (primary N) is 2. The number of aliphatic carboxylic acids is 1. The molecule has 1 aromatic heterocycles. The Morgan fingerprint density at radius 3 is 1.82 bits per heavy atom. The molecule has 4 heterocycles. The number of amides is 8. The summed E-state index contributed by atoms with van der Waals surface area (Å²) in [4.78, 5) is 125. The molecule has 6 rings (SSSR count). The molecule has 0 spiro atoms. The molecule has 65 heavy (non-hydrogen) atoms. The van der Waals surface area contributed by atoms with Crippen molar-refractivity contribution in [2.75, 3.05) is 19.6 Å².